The highest BCUT2D eigenvalue weighted by Crippen LogP contribution is 2.16. The Morgan fingerprint density at radius 2 is 2.04 bits per heavy atom. The van der Waals surface area contributed by atoms with Crippen molar-refractivity contribution in [3.63, 3.8) is 0 Å². The summed E-state index contributed by atoms with van der Waals surface area (Å²) in [6.45, 7) is 8.32. The molecule has 1 aromatic rings. The number of hydrogen-bond donors (Lipinski definition) is 2. The molecule has 0 atom stereocenters. The van der Waals surface area contributed by atoms with Crippen LogP contribution in [-0.4, -0.2) is 54.2 Å². The van der Waals surface area contributed by atoms with Crippen molar-refractivity contribution in [3.8, 4) is 0 Å². The maximum absolute atomic E-state index is 12.0. The van der Waals surface area contributed by atoms with Crippen molar-refractivity contribution in [2.45, 2.75) is 39.7 Å². The predicted molar refractivity (Wildman–Crippen MR) is 96.6 cm³/mol. The van der Waals surface area contributed by atoms with Crippen LogP contribution in [0.1, 0.15) is 44.0 Å². The molecule has 1 fully saturated rings. The lowest BCUT2D eigenvalue weighted by Crippen LogP contribution is -2.42. The fraction of sp³-hybridized carbons (Fsp3) is 0.611. The van der Waals surface area contributed by atoms with Crippen molar-refractivity contribution in [1.29, 1.82) is 0 Å². The lowest BCUT2D eigenvalue weighted by Gasteiger charge is -2.31. The van der Waals surface area contributed by atoms with E-state index in [1.807, 2.05) is 13.0 Å². The number of nitrogens with one attached hydrogen (secondary N) is 2. The Morgan fingerprint density at radius 3 is 2.60 bits per heavy atom. The minimum absolute atomic E-state index is 0.101. The van der Waals surface area contributed by atoms with Gasteiger partial charge in [-0.05, 0) is 37.8 Å². The van der Waals surface area contributed by atoms with Crippen molar-refractivity contribution < 1.29 is 14.3 Å². The number of aromatic nitrogens is 1. The Morgan fingerprint density at radius 1 is 1.32 bits per heavy atom. The zero-order chi connectivity index (χ0) is 18.2. The van der Waals surface area contributed by atoms with Gasteiger partial charge in [0, 0.05) is 31.9 Å². The van der Waals surface area contributed by atoms with E-state index in [0.29, 0.717) is 37.7 Å². The largest absolute Gasteiger partial charge is 0.450 e. The molecule has 2 amide bonds. The normalized spacial score (nSPS) is 15.1. The average molecular weight is 348 g/mol. The van der Waals surface area contributed by atoms with Crippen LogP contribution in [0.25, 0.3) is 0 Å². The third-order valence-electron chi connectivity index (χ3n) is 4.07. The molecule has 0 unspecified atom stereocenters. The fourth-order valence-electron chi connectivity index (χ4n) is 2.64. The number of likely N-dealkylation sites (tertiary alicyclic amines) is 1. The molecule has 0 saturated carbocycles. The summed E-state index contributed by atoms with van der Waals surface area (Å²) >= 11 is 0. The Hall–Kier alpha value is -2.31. The molecule has 1 aromatic heterocycles. The second-order valence-corrected chi connectivity index (χ2v) is 6.64. The topological polar surface area (TPSA) is 83.6 Å². The molecule has 0 bridgehead atoms. The summed E-state index contributed by atoms with van der Waals surface area (Å²) in [7, 11) is 0. The molecular formula is C18H28N4O3. The number of nitrogens with zero attached hydrogens (tertiary/aromatic N) is 2. The van der Waals surface area contributed by atoms with Crippen LogP contribution in [0, 0.1) is 5.92 Å². The second kappa shape index (κ2) is 9.25. The van der Waals surface area contributed by atoms with E-state index in [0.717, 1.165) is 18.7 Å². The molecule has 138 valence electrons. The number of hydrogen-bond acceptors (Lipinski definition) is 5. The van der Waals surface area contributed by atoms with Gasteiger partial charge in [0.15, 0.2) is 0 Å². The number of carbonyl (C=O) groups excluding carboxylic acids is 2. The monoisotopic (exact) mass is 348 g/mol. The molecule has 0 radical (unpaired) electrons. The maximum atomic E-state index is 12.0. The molecule has 0 spiro atoms. The molecule has 7 heteroatoms. The van der Waals surface area contributed by atoms with E-state index in [2.05, 4.69) is 29.5 Å². The molecule has 2 N–H and O–H groups in total. The lowest BCUT2D eigenvalue weighted by molar-refractivity contribution is 0.0947. The van der Waals surface area contributed by atoms with Crippen molar-refractivity contribution >= 4 is 17.8 Å². The first-order chi connectivity index (χ1) is 12.0. The van der Waals surface area contributed by atoms with Gasteiger partial charge in [0.1, 0.15) is 5.82 Å². The van der Waals surface area contributed by atoms with E-state index in [4.69, 9.17) is 4.74 Å². The predicted octanol–water partition coefficient (Wildman–Crippen LogP) is 2.50. The third kappa shape index (κ3) is 5.92. The van der Waals surface area contributed by atoms with Gasteiger partial charge in [0.05, 0.1) is 12.2 Å². The van der Waals surface area contributed by atoms with Crippen LogP contribution < -0.4 is 10.6 Å². The molecule has 1 aliphatic rings. The zero-order valence-electron chi connectivity index (χ0n) is 15.2. The van der Waals surface area contributed by atoms with Crippen LogP contribution in [0.2, 0.25) is 0 Å². The number of pyridine rings is 1. The Kier molecular flexibility index (Phi) is 7.03. The molecule has 0 aliphatic carbocycles. The van der Waals surface area contributed by atoms with Crippen molar-refractivity contribution in [2.75, 3.05) is 31.6 Å². The van der Waals surface area contributed by atoms with E-state index in [1.165, 1.54) is 0 Å². The quantitative estimate of drug-likeness (QED) is 0.825. The van der Waals surface area contributed by atoms with E-state index in [9.17, 15) is 9.59 Å². The lowest BCUT2D eigenvalue weighted by atomic mass is 10.1. The van der Waals surface area contributed by atoms with Gasteiger partial charge >= 0.3 is 6.09 Å². The summed E-state index contributed by atoms with van der Waals surface area (Å²) in [6, 6.07) is 3.86. The fourth-order valence-corrected chi connectivity index (χ4v) is 2.64. The molecular weight excluding hydrogens is 320 g/mol. The number of piperidine rings is 1. The van der Waals surface area contributed by atoms with Gasteiger partial charge in [0.2, 0.25) is 0 Å². The molecule has 1 aliphatic heterocycles. The van der Waals surface area contributed by atoms with Crippen LogP contribution in [0.4, 0.5) is 10.6 Å². The molecule has 2 heterocycles. The number of anilines is 1. The summed E-state index contributed by atoms with van der Waals surface area (Å²) in [6.07, 6.45) is 3.04. The van der Waals surface area contributed by atoms with Crippen LogP contribution in [0.15, 0.2) is 18.3 Å². The van der Waals surface area contributed by atoms with Crippen molar-refractivity contribution in [2.24, 2.45) is 5.92 Å². The van der Waals surface area contributed by atoms with Crippen LogP contribution >= 0.6 is 0 Å². The first kappa shape index (κ1) is 19.0. The summed E-state index contributed by atoms with van der Waals surface area (Å²) < 4.78 is 5.02. The smallest absolute Gasteiger partial charge is 0.409 e. The van der Waals surface area contributed by atoms with Gasteiger partial charge in [-0.15, -0.1) is 0 Å². The van der Waals surface area contributed by atoms with Crippen LogP contribution in [0.3, 0.4) is 0 Å². The Bertz CT molecular complexity index is 566. The van der Waals surface area contributed by atoms with Gasteiger partial charge < -0.3 is 20.3 Å². The van der Waals surface area contributed by atoms with Crippen LogP contribution in [-0.2, 0) is 4.74 Å². The number of rotatable bonds is 6. The first-order valence-electron chi connectivity index (χ1n) is 8.92. The van der Waals surface area contributed by atoms with Gasteiger partial charge in [0.25, 0.3) is 5.91 Å². The van der Waals surface area contributed by atoms with Gasteiger partial charge in [-0.3, -0.25) is 4.79 Å². The minimum atomic E-state index is -0.240. The van der Waals surface area contributed by atoms with Gasteiger partial charge in [-0.1, -0.05) is 13.8 Å². The number of carbonyl (C=O) groups is 2. The van der Waals surface area contributed by atoms with Gasteiger partial charge in [-0.25, -0.2) is 9.78 Å². The molecule has 1 saturated heterocycles. The first-order valence-corrected chi connectivity index (χ1v) is 8.92. The highest BCUT2D eigenvalue weighted by Gasteiger charge is 2.23. The van der Waals surface area contributed by atoms with Crippen LogP contribution in [0.5, 0.6) is 0 Å². The Labute approximate surface area is 149 Å². The summed E-state index contributed by atoms with van der Waals surface area (Å²) in [5.41, 5.74) is 0.559. The molecule has 25 heavy (non-hydrogen) atoms. The molecule has 2 rings (SSSR count). The molecule has 7 nitrogen and oxygen atoms in total. The van der Waals surface area contributed by atoms with Crippen molar-refractivity contribution in [1.82, 2.24) is 15.2 Å². The standard InChI is InChI=1S/C18H28N4O3/c1-4-25-18(24)22-9-7-15(8-10-22)21-16-6-5-14(12-19-16)17(23)20-11-13(2)3/h5-6,12-13,15H,4,7-11H2,1-3H3,(H,19,21)(H,20,23). The highest BCUT2D eigenvalue weighted by atomic mass is 16.6. The van der Waals surface area contributed by atoms with Gasteiger partial charge in [-0.2, -0.15) is 0 Å². The Balaban J connectivity index is 1.80. The summed E-state index contributed by atoms with van der Waals surface area (Å²) in [4.78, 5) is 29.7. The number of amides is 2. The minimum Gasteiger partial charge on any atom is -0.450 e. The van der Waals surface area contributed by atoms with Crippen molar-refractivity contribution in [3.05, 3.63) is 23.9 Å². The number of ether oxygens (including phenoxy) is 1. The summed E-state index contributed by atoms with van der Waals surface area (Å²) in [5, 5.41) is 6.24. The maximum Gasteiger partial charge on any atom is 0.409 e. The van der Waals surface area contributed by atoms with E-state index in [-0.39, 0.29) is 18.0 Å². The van der Waals surface area contributed by atoms with E-state index >= 15 is 0 Å². The SMILES string of the molecule is CCOC(=O)N1CCC(Nc2ccc(C(=O)NCC(C)C)cn2)CC1. The summed E-state index contributed by atoms with van der Waals surface area (Å²) in [5.74, 6) is 1.06. The van der Waals surface area contributed by atoms with E-state index < -0.39 is 0 Å². The zero-order valence-corrected chi connectivity index (χ0v) is 15.2. The second-order valence-electron chi connectivity index (χ2n) is 6.64. The van der Waals surface area contributed by atoms with E-state index in [1.54, 1.807) is 17.2 Å². The highest BCUT2D eigenvalue weighted by molar-refractivity contribution is 5.94. The average Bonchev–Trinajstić information content (AvgIpc) is 2.61. The molecule has 0 aromatic carbocycles. The third-order valence-corrected chi connectivity index (χ3v) is 4.07.